The number of hydrogen-bond donors (Lipinski definition) is 0. The summed E-state index contributed by atoms with van der Waals surface area (Å²) < 4.78 is -0.115. The Morgan fingerprint density at radius 1 is 0.443 bits per heavy atom. The third-order valence-corrected chi connectivity index (χ3v) is 56.7. The number of rotatable bonds is 7. The first kappa shape index (κ1) is 39.1. The Hall–Kier alpha value is -4.82. The Labute approximate surface area is 366 Å². The van der Waals surface area contributed by atoms with Crippen molar-refractivity contribution in [2.45, 2.75) is 40.5 Å². The van der Waals surface area contributed by atoms with Gasteiger partial charge < -0.3 is 0 Å². The summed E-state index contributed by atoms with van der Waals surface area (Å²) in [4.78, 5) is 0. The van der Waals surface area contributed by atoms with Crippen molar-refractivity contribution in [3.63, 3.8) is 0 Å². The molecule has 2 unspecified atom stereocenters. The topological polar surface area (TPSA) is 0 Å². The van der Waals surface area contributed by atoms with Crippen molar-refractivity contribution >= 4 is 82.9 Å². The van der Waals surface area contributed by atoms with Crippen LogP contribution in [0.25, 0.3) is 77.5 Å². The minimum absolute atomic E-state index is 0.0574. The molecule has 0 radical (unpaired) electrons. The van der Waals surface area contributed by atoms with Crippen LogP contribution in [0.2, 0.25) is 6.55 Å². The van der Waals surface area contributed by atoms with Crippen molar-refractivity contribution in [3.8, 4) is 22.3 Å². The first-order valence-corrected chi connectivity index (χ1v) is 36.6. The molecule has 2 aliphatic carbocycles. The fourth-order valence-electron chi connectivity index (χ4n) is 11.4. The average molecular weight is 921 g/mol. The molecule has 0 fully saturated rings. The Balaban J connectivity index is 1.21. The van der Waals surface area contributed by atoms with Crippen LogP contribution in [0.1, 0.15) is 56.2 Å². The van der Waals surface area contributed by atoms with Gasteiger partial charge in [0, 0.05) is 0 Å². The maximum absolute atomic E-state index is 9.21. The molecular formula is C57H46Cl2SiZr. The van der Waals surface area contributed by atoms with Gasteiger partial charge >= 0.3 is 370 Å². The Morgan fingerprint density at radius 2 is 0.803 bits per heavy atom. The van der Waals surface area contributed by atoms with Crippen LogP contribution in [0.15, 0.2) is 187 Å². The molecule has 0 bridgehead atoms. The zero-order chi connectivity index (χ0) is 41.5. The standard InChI is InChI=1S/2C25H19.C7H8Si.2ClH.Zr/c2*1-2-17-14-18-10-7-13-23(24(18)15-17)25-21-11-5-3-8-19(21)16-20-9-4-6-12-22(20)25;1-8-7-5-3-2-4-6-7;;;/h2*3-16H,2H2,1H3;2-6H,1H3;2*1H;/q;;;;;+2/p-2. The van der Waals surface area contributed by atoms with Gasteiger partial charge in [0.25, 0.3) is 0 Å². The summed E-state index contributed by atoms with van der Waals surface area (Å²) in [5.41, 5.74) is 11.5. The van der Waals surface area contributed by atoms with Crippen LogP contribution in [-0.4, -0.2) is 5.43 Å². The first-order valence-electron chi connectivity index (χ1n) is 21.7. The van der Waals surface area contributed by atoms with Gasteiger partial charge in [-0.15, -0.1) is 0 Å². The molecule has 0 heterocycles. The Kier molecular flexibility index (Phi) is 9.56. The van der Waals surface area contributed by atoms with E-state index in [9.17, 15) is 17.0 Å². The first-order chi connectivity index (χ1) is 29.8. The average Bonchev–Trinajstić information content (AvgIpc) is 3.91. The third kappa shape index (κ3) is 5.86. The molecule has 0 spiro atoms. The van der Waals surface area contributed by atoms with E-state index in [0.717, 1.165) is 12.8 Å². The summed E-state index contributed by atoms with van der Waals surface area (Å²) in [6.45, 7) is 7.09. The number of halogens is 2. The number of benzene rings is 9. The van der Waals surface area contributed by atoms with Gasteiger partial charge in [0.1, 0.15) is 0 Å². The van der Waals surface area contributed by atoms with Gasteiger partial charge in [-0.25, -0.2) is 0 Å². The second kappa shape index (κ2) is 14.9. The van der Waals surface area contributed by atoms with Gasteiger partial charge in [-0.1, -0.05) is 0 Å². The van der Waals surface area contributed by atoms with Gasteiger partial charge in [-0.05, 0) is 0 Å². The van der Waals surface area contributed by atoms with Crippen molar-refractivity contribution in [1.82, 2.24) is 0 Å². The van der Waals surface area contributed by atoms with Gasteiger partial charge in [0.15, 0.2) is 0 Å². The summed E-state index contributed by atoms with van der Waals surface area (Å²) in [5, 5.41) is 11.4. The quantitative estimate of drug-likeness (QED) is 0.110. The Bertz CT molecular complexity index is 3120. The van der Waals surface area contributed by atoms with Crippen molar-refractivity contribution in [3.05, 3.63) is 209 Å². The van der Waals surface area contributed by atoms with Gasteiger partial charge in [-0.2, -0.15) is 0 Å². The van der Waals surface area contributed by atoms with Gasteiger partial charge in [0.2, 0.25) is 0 Å². The van der Waals surface area contributed by atoms with E-state index < -0.39 is 20.4 Å². The minimum atomic E-state index is -5.38. The fraction of sp³-hybridized carbons (Fsp3) is 0.123. The fourth-order valence-corrected chi connectivity index (χ4v) is 48.8. The number of hydrogen-bond acceptors (Lipinski definition) is 0. The SMILES string of the molecule is CCC1=Cc2c(-c3c4ccccc4cc4ccccc34)cccc2[CH]1[Zr]([Cl])([Cl])([CH]1C(CC)=Cc2c(-c3c4ccccc4cc4ccccc34)cccc21)=[Si](C)c1ccccc1. The van der Waals surface area contributed by atoms with Crippen LogP contribution in [0.3, 0.4) is 0 Å². The molecular weight excluding hydrogens is 875 g/mol. The second-order valence-electron chi connectivity index (χ2n) is 17.2. The zero-order valence-electron chi connectivity index (χ0n) is 34.7. The summed E-state index contributed by atoms with van der Waals surface area (Å²) in [7, 11) is 18.4. The van der Waals surface area contributed by atoms with Crippen molar-refractivity contribution in [2.75, 3.05) is 0 Å². The summed E-state index contributed by atoms with van der Waals surface area (Å²) in [6, 6.07) is 65.1. The van der Waals surface area contributed by atoms with Crippen LogP contribution in [-0.2, 0) is 15.0 Å². The van der Waals surface area contributed by atoms with E-state index in [1.165, 1.54) is 104 Å². The van der Waals surface area contributed by atoms with Crippen LogP contribution in [0.5, 0.6) is 0 Å². The molecule has 0 N–H and O–H groups in total. The van der Waals surface area contributed by atoms with E-state index in [1.807, 2.05) is 0 Å². The molecule has 4 heteroatoms. The van der Waals surface area contributed by atoms with E-state index in [4.69, 9.17) is 0 Å². The van der Waals surface area contributed by atoms with Crippen LogP contribution >= 0.6 is 17.0 Å². The predicted octanol–water partition coefficient (Wildman–Crippen LogP) is 16.6. The molecule has 2 aliphatic rings. The molecule has 296 valence electrons. The van der Waals surface area contributed by atoms with E-state index in [0.29, 0.717) is 0 Å². The van der Waals surface area contributed by atoms with Crippen molar-refractivity contribution in [2.24, 2.45) is 0 Å². The van der Waals surface area contributed by atoms with Crippen LogP contribution < -0.4 is 5.19 Å². The van der Waals surface area contributed by atoms with E-state index in [2.05, 4.69) is 208 Å². The van der Waals surface area contributed by atoms with E-state index in [1.54, 1.807) is 0 Å². The molecule has 0 aromatic heterocycles. The van der Waals surface area contributed by atoms with E-state index in [-0.39, 0.29) is 7.25 Å². The number of allylic oxidation sites excluding steroid dienone is 2. The second-order valence-corrected chi connectivity index (χ2v) is 53.9. The van der Waals surface area contributed by atoms with Crippen LogP contribution in [0, 0.1) is 0 Å². The molecule has 0 aliphatic heterocycles. The third-order valence-electron chi connectivity index (χ3n) is 14.2. The molecule has 9 aromatic rings. The summed E-state index contributed by atoms with van der Waals surface area (Å²) >= 11 is -5.38. The van der Waals surface area contributed by atoms with Gasteiger partial charge in [-0.3, -0.25) is 0 Å². The zero-order valence-corrected chi connectivity index (χ0v) is 39.7. The molecule has 0 saturated heterocycles. The molecule has 0 saturated carbocycles. The molecule has 11 rings (SSSR count). The molecule has 61 heavy (non-hydrogen) atoms. The number of fused-ring (bicyclic) bond motifs is 6. The molecule has 9 aromatic carbocycles. The Morgan fingerprint density at radius 3 is 1.18 bits per heavy atom. The predicted molar refractivity (Wildman–Crippen MR) is 265 cm³/mol. The monoisotopic (exact) mass is 918 g/mol. The summed E-state index contributed by atoms with van der Waals surface area (Å²) in [5.74, 6) is 0. The van der Waals surface area contributed by atoms with Crippen LogP contribution in [0.4, 0.5) is 0 Å². The molecule has 0 nitrogen and oxygen atoms in total. The molecule has 2 atom stereocenters. The van der Waals surface area contributed by atoms with Gasteiger partial charge in [0.05, 0.1) is 0 Å². The van der Waals surface area contributed by atoms with Crippen molar-refractivity contribution < 1.29 is 15.0 Å². The maximum atomic E-state index is 9.21. The van der Waals surface area contributed by atoms with Crippen molar-refractivity contribution in [1.29, 1.82) is 0 Å². The normalized spacial score (nSPS) is 16.2. The molecule has 0 amide bonds. The van der Waals surface area contributed by atoms with E-state index >= 15 is 0 Å². The summed E-state index contributed by atoms with van der Waals surface area (Å²) in [6.07, 6.45) is 6.78.